The van der Waals surface area contributed by atoms with Gasteiger partial charge in [0.25, 0.3) is 0 Å². The van der Waals surface area contributed by atoms with Crippen molar-refractivity contribution in [1.29, 1.82) is 0 Å². The van der Waals surface area contributed by atoms with E-state index in [0.29, 0.717) is 11.4 Å². The summed E-state index contributed by atoms with van der Waals surface area (Å²) in [6.07, 6.45) is 1.53. The summed E-state index contributed by atoms with van der Waals surface area (Å²) in [4.78, 5) is 15.7. The standard InChI is InChI=1S/C16H18N2O3/c1-16(11-19,13-6-4-3-5-7-13)18-14-10-12(8-9-17-14)15(20)21-2/h3-10,19H,11H2,1-2H3,(H,17,18). The van der Waals surface area contributed by atoms with Gasteiger partial charge in [0, 0.05) is 6.20 Å². The third-order valence-corrected chi connectivity index (χ3v) is 3.31. The summed E-state index contributed by atoms with van der Waals surface area (Å²) in [5.41, 5.74) is 0.643. The van der Waals surface area contributed by atoms with Crippen LogP contribution in [0.15, 0.2) is 48.7 Å². The summed E-state index contributed by atoms with van der Waals surface area (Å²) >= 11 is 0. The first kappa shape index (κ1) is 15.0. The molecule has 0 aliphatic rings. The number of aliphatic hydroxyl groups excluding tert-OH is 1. The molecule has 0 spiro atoms. The number of aliphatic hydroxyl groups is 1. The topological polar surface area (TPSA) is 71.5 Å². The van der Waals surface area contributed by atoms with Gasteiger partial charge in [0.2, 0.25) is 0 Å². The number of hydrogen-bond acceptors (Lipinski definition) is 5. The zero-order chi connectivity index (χ0) is 15.3. The SMILES string of the molecule is COC(=O)c1ccnc(NC(C)(CO)c2ccccc2)c1. The van der Waals surface area contributed by atoms with Gasteiger partial charge in [-0.15, -0.1) is 0 Å². The van der Waals surface area contributed by atoms with Crippen molar-refractivity contribution in [2.75, 3.05) is 19.0 Å². The number of carbonyl (C=O) groups excluding carboxylic acids is 1. The summed E-state index contributed by atoms with van der Waals surface area (Å²) in [7, 11) is 1.33. The van der Waals surface area contributed by atoms with Gasteiger partial charge in [-0.05, 0) is 24.6 Å². The Hall–Kier alpha value is -2.40. The van der Waals surface area contributed by atoms with E-state index in [-0.39, 0.29) is 6.61 Å². The lowest BCUT2D eigenvalue weighted by Gasteiger charge is -2.30. The van der Waals surface area contributed by atoms with Crippen molar-refractivity contribution in [3.8, 4) is 0 Å². The molecule has 0 radical (unpaired) electrons. The number of ether oxygens (including phenoxy) is 1. The quantitative estimate of drug-likeness (QED) is 0.824. The van der Waals surface area contributed by atoms with Crippen LogP contribution < -0.4 is 5.32 Å². The minimum Gasteiger partial charge on any atom is -0.465 e. The van der Waals surface area contributed by atoms with Crippen molar-refractivity contribution in [3.63, 3.8) is 0 Å². The van der Waals surface area contributed by atoms with Crippen LogP contribution in [0.1, 0.15) is 22.8 Å². The van der Waals surface area contributed by atoms with E-state index >= 15 is 0 Å². The third kappa shape index (κ3) is 3.38. The number of aromatic nitrogens is 1. The van der Waals surface area contributed by atoms with E-state index in [1.165, 1.54) is 13.3 Å². The molecule has 2 rings (SSSR count). The van der Waals surface area contributed by atoms with Crippen LogP contribution in [0.4, 0.5) is 5.82 Å². The lowest BCUT2D eigenvalue weighted by molar-refractivity contribution is 0.0600. The molecule has 1 aromatic heterocycles. The summed E-state index contributed by atoms with van der Waals surface area (Å²) in [6.45, 7) is 1.76. The van der Waals surface area contributed by atoms with Crippen LogP contribution in [0.5, 0.6) is 0 Å². The molecule has 21 heavy (non-hydrogen) atoms. The largest absolute Gasteiger partial charge is 0.465 e. The molecule has 0 aliphatic carbocycles. The van der Waals surface area contributed by atoms with Gasteiger partial charge in [-0.3, -0.25) is 0 Å². The minimum absolute atomic E-state index is 0.110. The van der Waals surface area contributed by atoms with Crippen LogP contribution in [-0.2, 0) is 10.3 Å². The van der Waals surface area contributed by atoms with Crippen molar-refractivity contribution in [3.05, 3.63) is 59.8 Å². The van der Waals surface area contributed by atoms with Crippen LogP contribution in [-0.4, -0.2) is 29.8 Å². The molecule has 0 bridgehead atoms. The monoisotopic (exact) mass is 286 g/mol. The molecule has 5 nitrogen and oxygen atoms in total. The predicted octanol–water partition coefficient (Wildman–Crippen LogP) is 2.19. The van der Waals surface area contributed by atoms with E-state index in [4.69, 9.17) is 0 Å². The lowest BCUT2D eigenvalue weighted by Crippen LogP contribution is -2.36. The van der Waals surface area contributed by atoms with E-state index < -0.39 is 11.5 Å². The van der Waals surface area contributed by atoms with Gasteiger partial charge in [0.15, 0.2) is 0 Å². The molecule has 110 valence electrons. The van der Waals surface area contributed by atoms with Crippen molar-refractivity contribution in [2.45, 2.75) is 12.5 Å². The van der Waals surface area contributed by atoms with Gasteiger partial charge in [-0.25, -0.2) is 9.78 Å². The van der Waals surface area contributed by atoms with Gasteiger partial charge in [-0.1, -0.05) is 30.3 Å². The molecule has 0 saturated heterocycles. The van der Waals surface area contributed by atoms with Crippen LogP contribution in [0.25, 0.3) is 0 Å². The number of benzene rings is 1. The van der Waals surface area contributed by atoms with E-state index in [0.717, 1.165) is 5.56 Å². The smallest absolute Gasteiger partial charge is 0.338 e. The summed E-state index contributed by atoms with van der Waals surface area (Å²) in [5, 5.41) is 12.9. The Labute approximate surface area is 123 Å². The molecule has 1 atom stereocenters. The van der Waals surface area contributed by atoms with Crippen LogP contribution in [0.2, 0.25) is 0 Å². The summed E-state index contributed by atoms with van der Waals surface area (Å²) in [6, 6.07) is 12.8. The molecular weight excluding hydrogens is 268 g/mol. The first-order valence-electron chi connectivity index (χ1n) is 6.58. The minimum atomic E-state index is -0.691. The van der Waals surface area contributed by atoms with Crippen molar-refractivity contribution < 1.29 is 14.6 Å². The van der Waals surface area contributed by atoms with E-state index in [9.17, 15) is 9.90 Å². The second kappa shape index (κ2) is 6.37. The number of carbonyl (C=O) groups is 1. The first-order valence-corrected chi connectivity index (χ1v) is 6.58. The number of pyridine rings is 1. The zero-order valence-corrected chi connectivity index (χ0v) is 12.0. The second-order valence-corrected chi connectivity index (χ2v) is 4.90. The summed E-state index contributed by atoms with van der Waals surface area (Å²) < 4.78 is 4.69. The predicted molar refractivity (Wildman–Crippen MR) is 80.1 cm³/mol. The van der Waals surface area contributed by atoms with Crippen molar-refractivity contribution in [1.82, 2.24) is 4.98 Å². The van der Waals surface area contributed by atoms with E-state index in [2.05, 4.69) is 15.0 Å². The highest BCUT2D eigenvalue weighted by Crippen LogP contribution is 2.25. The number of hydrogen-bond donors (Lipinski definition) is 2. The fourth-order valence-corrected chi connectivity index (χ4v) is 2.04. The second-order valence-electron chi connectivity index (χ2n) is 4.90. The summed E-state index contributed by atoms with van der Waals surface area (Å²) in [5.74, 6) is 0.0733. The van der Waals surface area contributed by atoms with Crippen molar-refractivity contribution in [2.24, 2.45) is 0 Å². The molecule has 0 saturated carbocycles. The molecule has 2 aromatic rings. The van der Waals surface area contributed by atoms with Gasteiger partial charge < -0.3 is 15.2 Å². The maximum atomic E-state index is 11.5. The Morgan fingerprint density at radius 2 is 2.05 bits per heavy atom. The lowest BCUT2D eigenvalue weighted by atomic mass is 9.93. The third-order valence-electron chi connectivity index (χ3n) is 3.31. The van der Waals surface area contributed by atoms with Crippen LogP contribution in [0.3, 0.4) is 0 Å². The molecule has 5 heteroatoms. The first-order chi connectivity index (χ1) is 10.1. The van der Waals surface area contributed by atoms with E-state index in [1.807, 2.05) is 37.3 Å². The Morgan fingerprint density at radius 1 is 1.33 bits per heavy atom. The number of nitrogens with zero attached hydrogens (tertiary/aromatic N) is 1. The number of esters is 1. The van der Waals surface area contributed by atoms with Crippen LogP contribution >= 0.6 is 0 Å². The van der Waals surface area contributed by atoms with Gasteiger partial charge in [-0.2, -0.15) is 0 Å². The molecule has 1 unspecified atom stereocenters. The molecule has 0 amide bonds. The fourth-order valence-electron chi connectivity index (χ4n) is 2.04. The molecule has 0 aliphatic heterocycles. The van der Waals surface area contributed by atoms with Gasteiger partial charge in [0.1, 0.15) is 5.82 Å². The number of anilines is 1. The average Bonchev–Trinajstić information content (AvgIpc) is 2.55. The Bertz CT molecular complexity index is 616. The number of methoxy groups -OCH3 is 1. The molecule has 1 aromatic carbocycles. The van der Waals surface area contributed by atoms with Gasteiger partial charge in [0.05, 0.1) is 24.8 Å². The highest BCUT2D eigenvalue weighted by molar-refractivity contribution is 5.90. The Morgan fingerprint density at radius 3 is 2.67 bits per heavy atom. The maximum absolute atomic E-state index is 11.5. The maximum Gasteiger partial charge on any atom is 0.338 e. The van der Waals surface area contributed by atoms with Gasteiger partial charge >= 0.3 is 5.97 Å². The van der Waals surface area contributed by atoms with Crippen molar-refractivity contribution >= 4 is 11.8 Å². The number of rotatable bonds is 5. The molecular formula is C16H18N2O3. The fraction of sp³-hybridized carbons (Fsp3) is 0.250. The molecule has 1 heterocycles. The average molecular weight is 286 g/mol. The highest BCUT2D eigenvalue weighted by Gasteiger charge is 2.26. The van der Waals surface area contributed by atoms with E-state index in [1.54, 1.807) is 12.1 Å². The Kier molecular flexibility index (Phi) is 4.55. The molecule has 2 N–H and O–H groups in total. The molecule has 0 fully saturated rings. The zero-order valence-electron chi connectivity index (χ0n) is 12.0. The Balaban J connectivity index is 2.29. The van der Waals surface area contributed by atoms with Crippen LogP contribution in [0, 0.1) is 0 Å². The number of nitrogens with one attached hydrogen (secondary N) is 1. The normalized spacial score (nSPS) is 13.3. The highest BCUT2D eigenvalue weighted by atomic mass is 16.5.